The number of benzene rings is 1. The third-order valence-corrected chi connectivity index (χ3v) is 4.26. The van der Waals surface area contributed by atoms with Crippen LogP contribution in [0.5, 0.6) is 0 Å². The number of aromatic carboxylic acids is 1. The van der Waals surface area contributed by atoms with Crippen molar-refractivity contribution in [3.63, 3.8) is 0 Å². The van der Waals surface area contributed by atoms with Gasteiger partial charge in [-0.1, -0.05) is 0 Å². The van der Waals surface area contributed by atoms with E-state index in [1.807, 2.05) is 0 Å². The first kappa shape index (κ1) is 15.7. The molecule has 0 saturated carbocycles. The summed E-state index contributed by atoms with van der Waals surface area (Å²) in [6.07, 6.45) is 1.55. The second-order valence-electron chi connectivity index (χ2n) is 4.09. The Hall–Kier alpha value is -1.73. The van der Waals surface area contributed by atoms with Crippen molar-refractivity contribution in [2.75, 3.05) is 5.75 Å². The Balaban J connectivity index is 1.86. The van der Waals surface area contributed by atoms with E-state index in [-0.39, 0.29) is 17.2 Å². The third kappa shape index (κ3) is 4.64. The highest BCUT2D eigenvalue weighted by Gasteiger charge is 2.10. The van der Waals surface area contributed by atoms with Crippen LogP contribution in [0, 0.1) is 0 Å². The van der Waals surface area contributed by atoms with Crippen LogP contribution in [0.3, 0.4) is 0 Å². The van der Waals surface area contributed by atoms with Crippen LogP contribution in [0.15, 0.2) is 50.4 Å². The van der Waals surface area contributed by atoms with Crippen molar-refractivity contribution in [3.05, 3.63) is 52.4 Å². The quantitative estimate of drug-likeness (QED) is 0.764. The summed E-state index contributed by atoms with van der Waals surface area (Å²) in [5.74, 6) is -0.255. The molecule has 0 spiro atoms. The van der Waals surface area contributed by atoms with Crippen molar-refractivity contribution in [1.29, 1.82) is 0 Å². The predicted molar refractivity (Wildman–Crippen MR) is 82.4 cm³/mol. The Morgan fingerprint density at radius 2 is 2.14 bits per heavy atom. The molecule has 7 heteroatoms. The van der Waals surface area contributed by atoms with Gasteiger partial charge in [0.1, 0.15) is 5.76 Å². The predicted octanol–water partition coefficient (Wildman–Crippen LogP) is 3.15. The molecule has 1 heterocycles. The number of amides is 1. The Morgan fingerprint density at radius 3 is 2.81 bits per heavy atom. The molecule has 0 bridgehead atoms. The molecular weight excluding hydrogens is 358 g/mol. The number of carboxylic acid groups (broad SMARTS) is 1. The van der Waals surface area contributed by atoms with Crippen molar-refractivity contribution in [3.8, 4) is 0 Å². The van der Waals surface area contributed by atoms with Gasteiger partial charge in [-0.05, 0) is 46.3 Å². The third-order valence-electron chi connectivity index (χ3n) is 2.58. The van der Waals surface area contributed by atoms with Crippen LogP contribution in [-0.4, -0.2) is 22.7 Å². The summed E-state index contributed by atoms with van der Waals surface area (Å²) in [6, 6.07) is 8.50. The van der Waals surface area contributed by atoms with Crippen LogP contribution in [0.4, 0.5) is 0 Å². The molecule has 110 valence electrons. The lowest BCUT2D eigenvalue weighted by Gasteiger charge is -2.05. The second kappa shape index (κ2) is 7.33. The van der Waals surface area contributed by atoms with Gasteiger partial charge in [0, 0.05) is 9.37 Å². The number of carboxylic acids is 1. The van der Waals surface area contributed by atoms with Gasteiger partial charge in [0.05, 0.1) is 24.1 Å². The minimum Gasteiger partial charge on any atom is -0.478 e. The van der Waals surface area contributed by atoms with Crippen LogP contribution in [0.2, 0.25) is 0 Å². The number of halogens is 1. The first-order valence-corrected chi connectivity index (χ1v) is 7.79. The first-order chi connectivity index (χ1) is 10.1. The average molecular weight is 370 g/mol. The fourth-order valence-corrected chi connectivity index (χ4v) is 2.74. The first-order valence-electron chi connectivity index (χ1n) is 6.01. The molecule has 0 fully saturated rings. The van der Waals surface area contributed by atoms with E-state index in [4.69, 9.17) is 9.52 Å². The maximum Gasteiger partial charge on any atom is 0.336 e. The molecule has 1 amide bonds. The number of furan rings is 1. The Bertz CT molecular complexity index is 642. The SMILES string of the molecule is O=C(CSc1ccc(Br)c(C(=O)O)c1)NCc1ccco1. The molecule has 1 aromatic heterocycles. The van der Waals surface area contributed by atoms with Crippen molar-refractivity contribution >= 4 is 39.6 Å². The molecule has 0 aliphatic carbocycles. The number of thioether (sulfide) groups is 1. The highest BCUT2D eigenvalue weighted by Crippen LogP contribution is 2.24. The molecule has 0 aliphatic heterocycles. The molecule has 21 heavy (non-hydrogen) atoms. The average Bonchev–Trinajstić information content (AvgIpc) is 2.97. The molecule has 0 radical (unpaired) electrons. The minimum atomic E-state index is -1.01. The van der Waals surface area contributed by atoms with Crippen LogP contribution >= 0.6 is 27.7 Å². The standard InChI is InChI=1S/C14H12BrNO4S/c15-12-4-3-10(6-11(12)14(18)19)21-8-13(17)16-7-9-2-1-5-20-9/h1-6H,7-8H2,(H,16,17)(H,18,19). The maximum absolute atomic E-state index is 11.7. The van der Waals surface area contributed by atoms with Gasteiger partial charge in [-0.25, -0.2) is 4.79 Å². The van der Waals surface area contributed by atoms with E-state index in [9.17, 15) is 9.59 Å². The highest BCUT2D eigenvalue weighted by atomic mass is 79.9. The lowest BCUT2D eigenvalue weighted by Crippen LogP contribution is -2.24. The number of hydrogen-bond donors (Lipinski definition) is 2. The van der Waals surface area contributed by atoms with Gasteiger partial charge in [-0.15, -0.1) is 11.8 Å². The summed E-state index contributed by atoms with van der Waals surface area (Å²) in [6.45, 7) is 0.340. The fraction of sp³-hybridized carbons (Fsp3) is 0.143. The second-order valence-corrected chi connectivity index (χ2v) is 5.99. The zero-order valence-electron chi connectivity index (χ0n) is 10.8. The summed E-state index contributed by atoms with van der Waals surface area (Å²) in [5.41, 5.74) is 0.177. The number of rotatable bonds is 6. The molecule has 0 unspecified atom stereocenters. The molecule has 2 rings (SSSR count). The number of carbonyl (C=O) groups is 2. The van der Waals surface area contributed by atoms with Crippen molar-refractivity contribution in [2.45, 2.75) is 11.4 Å². The van der Waals surface area contributed by atoms with E-state index in [0.29, 0.717) is 16.8 Å². The van der Waals surface area contributed by atoms with Crippen molar-refractivity contribution in [1.82, 2.24) is 5.32 Å². The van der Waals surface area contributed by atoms with Crippen LogP contribution in [0.25, 0.3) is 0 Å². The van der Waals surface area contributed by atoms with E-state index in [2.05, 4.69) is 21.2 Å². The molecule has 0 aliphatic rings. The maximum atomic E-state index is 11.7. The monoisotopic (exact) mass is 369 g/mol. The summed E-state index contributed by atoms with van der Waals surface area (Å²) in [5, 5.41) is 11.8. The Labute approximate surface area is 133 Å². The van der Waals surface area contributed by atoms with E-state index in [1.54, 1.807) is 30.5 Å². The molecular formula is C14H12BrNO4S. The number of carbonyl (C=O) groups excluding carboxylic acids is 1. The van der Waals surface area contributed by atoms with Gasteiger partial charge in [0.2, 0.25) is 5.91 Å². The van der Waals surface area contributed by atoms with Crippen LogP contribution < -0.4 is 5.32 Å². The molecule has 5 nitrogen and oxygen atoms in total. The summed E-state index contributed by atoms with van der Waals surface area (Å²) in [4.78, 5) is 23.4. The minimum absolute atomic E-state index is 0.142. The molecule has 2 N–H and O–H groups in total. The van der Waals surface area contributed by atoms with Gasteiger partial charge < -0.3 is 14.8 Å². The highest BCUT2D eigenvalue weighted by molar-refractivity contribution is 9.10. The van der Waals surface area contributed by atoms with E-state index in [1.165, 1.54) is 17.8 Å². The topological polar surface area (TPSA) is 79.5 Å². The summed E-state index contributed by atoms with van der Waals surface area (Å²) in [7, 11) is 0. The number of hydrogen-bond acceptors (Lipinski definition) is 4. The Kier molecular flexibility index (Phi) is 5.46. The van der Waals surface area contributed by atoms with Crippen LogP contribution in [-0.2, 0) is 11.3 Å². The fourth-order valence-electron chi connectivity index (χ4n) is 1.56. The smallest absolute Gasteiger partial charge is 0.336 e. The zero-order valence-corrected chi connectivity index (χ0v) is 13.2. The molecule has 1 aromatic carbocycles. The van der Waals surface area contributed by atoms with E-state index >= 15 is 0 Å². The largest absolute Gasteiger partial charge is 0.478 e. The molecule has 2 aromatic rings. The lowest BCUT2D eigenvalue weighted by molar-refractivity contribution is -0.118. The number of nitrogens with one attached hydrogen (secondary N) is 1. The van der Waals surface area contributed by atoms with Crippen molar-refractivity contribution in [2.24, 2.45) is 0 Å². The van der Waals surface area contributed by atoms with Gasteiger partial charge in [0.15, 0.2) is 0 Å². The van der Waals surface area contributed by atoms with Gasteiger partial charge in [-0.3, -0.25) is 4.79 Å². The normalized spacial score (nSPS) is 10.3. The lowest BCUT2D eigenvalue weighted by atomic mass is 10.2. The van der Waals surface area contributed by atoms with Gasteiger partial charge in [-0.2, -0.15) is 0 Å². The van der Waals surface area contributed by atoms with E-state index < -0.39 is 5.97 Å². The van der Waals surface area contributed by atoms with Crippen molar-refractivity contribution < 1.29 is 19.1 Å². The van der Waals surface area contributed by atoms with E-state index in [0.717, 1.165) is 4.90 Å². The van der Waals surface area contributed by atoms with Crippen LogP contribution in [0.1, 0.15) is 16.1 Å². The summed E-state index contributed by atoms with van der Waals surface area (Å²) < 4.78 is 5.63. The van der Waals surface area contributed by atoms with Gasteiger partial charge >= 0.3 is 5.97 Å². The molecule has 0 saturated heterocycles. The van der Waals surface area contributed by atoms with Gasteiger partial charge in [0.25, 0.3) is 0 Å². The Morgan fingerprint density at radius 1 is 1.33 bits per heavy atom. The summed E-state index contributed by atoms with van der Waals surface area (Å²) >= 11 is 4.46. The zero-order chi connectivity index (χ0) is 15.2. The molecule has 0 atom stereocenters.